The molecule has 1 saturated heterocycles. The van der Waals surface area contributed by atoms with E-state index in [1.54, 1.807) is 41.4 Å². The van der Waals surface area contributed by atoms with Crippen LogP contribution in [0.2, 0.25) is 0 Å². The summed E-state index contributed by atoms with van der Waals surface area (Å²) in [6.07, 6.45) is -1.10. The lowest BCUT2D eigenvalue weighted by molar-refractivity contribution is -0.137. The number of carbonyl (C=O) groups excluding carboxylic acids is 1. The summed E-state index contributed by atoms with van der Waals surface area (Å²) < 4.78 is 39.6. The molecule has 0 radical (unpaired) electrons. The smallest absolute Gasteiger partial charge is 0.366 e. The third-order valence-corrected chi connectivity index (χ3v) is 5.79. The van der Waals surface area contributed by atoms with Crippen molar-refractivity contribution in [3.05, 3.63) is 66.4 Å². The fraction of sp³-hybridized carbons (Fsp3) is 0.261. The molecule has 2 aliphatic heterocycles. The molecule has 32 heavy (non-hydrogen) atoms. The number of anilines is 3. The van der Waals surface area contributed by atoms with E-state index in [1.807, 2.05) is 6.07 Å². The van der Waals surface area contributed by atoms with E-state index < -0.39 is 11.7 Å². The highest BCUT2D eigenvalue weighted by atomic mass is 19.4. The number of urea groups is 1. The number of alkyl halides is 3. The molecule has 0 saturated carbocycles. The topological polar surface area (TPSA) is 61.4 Å². The number of halogens is 3. The van der Waals surface area contributed by atoms with Crippen LogP contribution in [0.15, 0.2) is 60.8 Å². The van der Waals surface area contributed by atoms with Crippen molar-refractivity contribution in [3.8, 4) is 11.3 Å². The molecular formula is C23H20F3N5O. The number of nitrogens with zero attached hydrogens (tertiary/aromatic N) is 4. The van der Waals surface area contributed by atoms with Crippen LogP contribution in [0.4, 0.5) is 35.3 Å². The fourth-order valence-electron chi connectivity index (χ4n) is 4.31. The average Bonchev–Trinajstić information content (AvgIpc) is 2.79. The third kappa shape index (κ3) is 3.74. The van der Waals surface area contributed by atoms with E-state index in [-0.39, 0.29) is 12.1 Å². The lowest BCUT2D eigenvalue weighted by Gasteiger charge is -2.45. The second kappa shape index (κ2) is 7.81. The van der Waals surface area contributed by atoms with Gasteiger partial charge in [0, 0.05) is 24.8 Å². The Balaban J connectivity index is 1.55. The summed E-state index contributed by atoms with van der Waals surface area (Å²) in [4.78, 5) is 25.9. The first-order valence-electron chi connectivity index (χ1n) is 10.3. The van der Waals surface area contributed by atoms with Crippen LogP contribution in [0.1, 0.15) is 18.4 Å². The maximum atomic E-state index is 13.2. The number of nitrogens with one attached hydrogen (secondary N) is 1. The van der Waals surface area contributed by atoms with E-state index in [9.17, 15) is 18.0 Å². The number of hydrogen-bond acceptors (Lipinski definition) is 4. The monoisotopic (exact) mass is 439 g/mol. The van der Waals surface area contributed by atoms with Gasteiger partial charge in [-0.05, 0) is 49.2 Å². The second-order valence-electron chi connectivity index (χ2n) is 7.87. The van der Waals surface area contributed by atoms with Gasteiger partial charge < -0.3 is 4.90 Å². The van der Waals surface area contributed by atoms with Crippen molar-refractivity contribution in [2.24, 2.45) is 0 Å². The predicted molar refractivity (Wildman–Crippen MR) is 116 cm³/mol. The molecule has 0 spiro atoms. The third-order valence-electron chi connectivity index (χ3n) is 5.79. The molecule has 9 heteroatoms. The lowest BCUT2D eigenvalue weighted by Crippen LogP contribution is -2.56. The van der Waals surface area contributed by atoms with Gasteiger partial charge in [-0.15, -0.1) is 0 Å². The van der Waals surface area contributed by atoms with Crippen LogP contribution in [-0.4, -0.2) is 35.1 Å². The van der Waals surface area contributed by atoms with Gasteiger partial charge in [-0.1, -0.05) is 18.2 Å². The maximum absolute atomic E-state index is 13.2. The van der Waals surface area contributed by atoms with E-state index in [0.717, 1.165) is 37.2 Å². The van der Waals surface area contributed by atoms with Crippen molar-refractivity contribution in [3.63, 3.8) is 0 Å². The Morgan fingerprint density at radius 3 is 2.75 bits per heavy atom. The Morgan fingerprint density at radius 1 is 1.09 bits per heavy atom. The summed E-state index contributed by atoms with van der Waals surface area (Å²) in [5.74, 6) is 0.871. The molecule has 6 nitrogen and oxygen atoms in total. The number of aromatic nitrogens is 2. The van der Waals surface area contributed by atoms with Crippen molar-refractivity contribution in [2.45, 2.75) is 25.1 Å². The minimum Gasteiger partial charge on any atom is -0.366 e. The minimum absolute atomic E-state index is 0.0794. The summed E-state index contributed by atoms with van der Waals surface area (Å²) in [5.41, 5.74) is 0.790. The van der Waals surface area contributed by atoms with Gasteiger partial charge in [0.2, 0.25) is 0 Å². The van der Waals surface area contributed by atoms with Gasteiger partial charge in [0.1, 0.15) is 5.82 Å². The van der Waals surface area contributed by atoms with Crippen molar-refractivity contribution in [2.75, 3.05) is 28.2 Å². The Kier molecular flexibility index (Phi) is 4.96. The number of rotatable bonds is 2. The molecule has 0 unspecified atom stereocenters. The molecule has 4 heterocycles. The largest absolute Gasteiger partial charge is 0.416 e. The highest BCUT2D eigenvalue weighted by molar-refractivity contribution is 6.04. The van der Waals surface area contributed by atoms with Gasteiger partial charge in [0.15, 0.2) is 5.82 Å². The molecule has 1 N–H and O–H groups in total. The van der Waals surface area contributed by atoms with Crippen LogP contribution in [0.5, 0.6) is 0 Å². The van der Waals surface area contributed by atoms with Gasteiger partial charge in [0.25, 0.3) is 0 Å². The molecule has 5 rings (SSSR count). The van der Waals surface area contributed by atoms with Crippen molar-refractivity contribution >= 4 is 23.4 Å². The van der Waals surface area contributed by atoms with Gasteiger partial charge in [0.05, 0.1) is 23.0 Å². The number of carbonyl (C=O) groups is 1. The van der Waals surface area contributed by atoms with Gasteiger partial charge >= 0.3 is 12.2 Å². The summed E-state index contributed by atoms with van der Waals surface area (Å²) in [7, 11) is 0. The summed E-state index contributed by atoms with van der Waals surface area (Å²) >= 11 is 0. The van der Waals surface area contributed by atoms with Crippen LogP contribution in [-0.2, 0) is 6.18 Å². The number of amides is 2. The molecule has 2 aliphatic rings. The predicted octanol–water partition coefficient (Wildman–Crippen LogP) is 5.18. The van der Waals surface area contributed by atoms with Crippen LogP contribution in [0, 0.1) is 0 Å². The summed E-state index contributed by atoms with van der Waals surface area (Å²) in [6.45, 7) is 1.54. The minimum atomic E-state index is -4.44. The normalized spacial score (nSPS) is 17.7. The summed E-state index contributed by atoms with van der Waals surface area (Å²) in [5, 5.41) is 2.81. The van der Waals surface area contributed by atoms with Gasteiger partial charge in [-0.2, -0.15) is 13.2 Å². The van der Waals surface area contributed by atoms with E-state index in [2.05, 4.69) is 20.2 Å². The Hall–Kier alpha value is -3.62. The molecule has 1 atom stereocenters. The van der Waals surface area contributed by atoms with Gasteiger partial charge in [-0.25, -0.2) is 14.8 Å². The van der Waals surface area contributed by atoms with E-state index in [1.165, 1.54) is 6.07 Å². The van der Waals surface area contributed by atoms with Crippen molar-refractivity contribution in [1.29, 1.82) is 0 Å². The van der Waals surface area contributed by atoms with Gasteiger partial charge in [-0.3, -0.25) is 10.2 Å². The highest BCUT2D eigenvalue weighted by Gasteiger charge is 2.38. The summed E-state index contributed by atoms with van der Waals surface area (Å²) in [6, 6.07) is 13.4. The molecular weight excluding hydrogens is 419 g/mol. The average molecular weight is 439 g/mol. The number of fused-ring (bicyclic) bond motifs is 4. The molecule has 2 bridgehead atoms. The zero-order valence-corrected chi connectivity index (χ0v) is 17.0. The molecule has 2 amide bonds. The van der Waals surface area contributed by atoms with E-state index in [0.29, 0.717) is 29.4 Å². The number of piperidine rings is 1. The van der Waals surface area contributed by atoms with E-state index >= 15 is 0 Å². The molecule has 0 aliphatic carbocycles. The van der Waals surface area contributed by atoms with Crippen molar-refractivity contribution < 1.29 is 18.0 Å². The van der Waals surface area contributed by atoms with Crippen molar-refractivity contribution in [1.82, 2.24) is 9.97 Å². The number of benzene rings is 1. The molecule has 1 aromatic carbocycles. The number of hydrogen-bond donors (Lipinski definition) is 1. The standard InChI is InChI=1S/C23H20F3N5O/c24-23(25,26)16-6-3-5-15(13-16)18-9-10-19-21(28-18)31(17-7-4-12-30(19)14-17)22(32)29-20-8-1-2-11-27-20/h1-3,5-6,8-11,13,17H,4,7,12,14H2,(H,27,29,32)/t17-/m0/s1. The van der Waals surface area contributed by atoms with Crippen LogP contribution in [0.25, 0.3) is 11.3 Å². The first kappa shape index (κ1) is 20.3. The molecule has 3 aromatic rings. The Labute approximate surface area is 182 Å². The molecule has 1 fully saturated rings. The lowest BCUT2D eigenvalue weighted by atomic mass is 9.99. The van der Waals surface area contributed by atoms with Crippen LogP contribution < -0.4 is 15.1 Å². The highest BCUT2D eigenvalue weighted by Crippen LogP contribution is 2.40. The molecule has 2 aromatic heterocycles. The zero-order valence-electron chi connectivity index (χ0n) is 17.0. The SMILES string of the molecule is O=C(Nc1ccccn1)N1c2nc(-c3cccc(C(F)(F)F)c3)ccc2N2CCC[C@H]1C2. The van der Waals surface area contributed by atoms with Crippen LogP contribution >= 0.6 is 0 Å². The van der Waals surface area contributed by atoms with E-state index in [4.69, 9.17) is 0 Å². The number of pyridine rings is 2. The quantitative estimate of drug-likeness (QED) is 0.598. The second-order valence-corrected chi connectivity index (χ2v) is 7.87. The zero-order chi connectivity index (χ0) is 22.3. The first-order valence-corrected chi connectivity index (χ1v) is 10.3. The Bertz CT molecular complexity index is 1150. The molecule has 164 valence electrons. The first-order chi connectivity index (χ1) is 15.4. The maximum Gasteiger partial charge on any atom is 0.416 e. The van der Waals surface area contributed by atoms with Crippen LogP contribution in [0.3, 0.4) is 0 Å². The fourth-order valence-corrected chi connectivity index (χ4v) is 4.31. The Morgan fingerprint density at radius 2 is 1.97 bits per heavy atom.